The van der Waals surface area contributed by atoms with Crippen LogP contribution in [0.2, 0.25) is 0 Å². The Morgan fingerprint density at radius 1 is 0.750 bits per heavy atom. The van der Waals surface area contributed by atoms with Gasteiger partial charge in [0.25, 0.3) is 0 Å². The molecule has 0 radical (unpaired) electrons. The molecule has 0 aliphatic rings. The van der Waals surface area contributed by atoms with Gasteiger partial charge in [-0.15, -0.1) is 0 Å². The molecule has 0 bridgehead atoms. The number of esters is 1. The summed E-state index contributed by atoms with van der Waals surface area (Å²) in [6.07, 6.45) is 14.8. The zero-order valence-electron chi connectivity index (χ0n) is 19.1. The van der Waals surface area contributed by atoms with Crippen molar-refractivity contribution in [2.45, 2.75) is 111 Å². The van der Waals surface area contributed by atoms with Crippen molar-refractivity contribution in [3.05, 3.63) is 0 Å². The molecule has 5 heteroatoms. The Labute approximate surface area is 173 Å². The number of rotatable bonds is 17. The van der Waals surface area contributed by atoms with Crippen LogP contribution in [0, 0.1) is 5.92 Å². The van der Waals surface area contributed by atoms with Gasteiger partial charge in [-0.1, -0.05) is 91.4 Å². The number of amides is 1. The molecule has 0 fully saturated rings. The maximum Gasteiger partial charge on any atom is 0.410 e. The smallest absolute Gasteiger partial charge is 0.410 e. The maximum absolute atomic E-state index is 12.1. The van der Waals surface area contributed by atoms with Crippen molar-refractivity contribution in [1.29, 1.82) is 0 Å². The highest BCUT2D eigenvalue weighted by Gasteiger charge is 2.24. The molecule has 1 amide bonds. The van der Waals surface area contributed by atoms with Crippen LogP contribution in [-0.4, -0.2) is 43.3 Å². The van der Waals surface area contributed by atoms with Crippen molar-refractivity contribution in [2.75, 3.05) is 20.3 Å². The molecule has 0 saturated heterocycles. The number of likely N-dealkylation sites (N-methyl/N-ethyl adjacent to an activating group) is 1. The zero-order chi connectivity index (χ0) is 21.2. The average molecular weight is 400 g/mol. The summed E-state index contributed by atoms with van der Waals surface area (Å²) in [4.78, 5) is 25.2. The molecular formula is C23H45NO4. The summed E-state index contributed by atoms with van der Waals surface area (Å²) >= 11 is 0. The Hall–Kier alpha value is -1.26. The van der Waals surface area contributed by atoms with E-state index in [4.69, 9.17) is 9.47 Å². The van der Waals surface area contributed by atoms with Gasteiger partial charge >= 0.3 is 12.1 Å². The van der Waals surface area contributed by atoms with Gasteiger partial charge in [0.1, 0.15) is 6.04 Å². The summed E-state index contributed by atoms with van der Waals surface area (Å²) in [5.74, 6) is -0.0996. The summed E-state index contributed by atoms with van der Waals surface area (Å²) in [6, 6.07) is -0.628. The highest BCUT2D eigenvalue weighted by molar-refractivity contribution is 5.80. The van der Waals surface area contributed by atoms with Crippen LogP contribution in [0.1, 0.15) is 105 Å². The van der Waals surface area contributed by atoms with Gasteiger partial charge in [0.2, 0.25) is 0 Å². The molecule has 0 saturated carbocycles. The lowest BCUT2D eigenvalue weighted by molar-refractivity contribution is -0.148. The highest BCUT2D eigenvalue weighted by Crippen LogP contribution is 2.12. The van der Waals surface area contributed by atoms with Crippen LogP contribution < -0.4 is 0 Å². The van der Waals surface area contributed by atoms with E-state index in [2.05, 4.69) is 6.92 Å². The van der Waals surface area contributed by atoms with Crippen LogP contribution in [0.4, 0.5) is 4.79 Å². The second-order valence-electron chi connectivity index (χ2n) is 8.31. The standard InChI is InChI=1S/C23H45NO4/c1-6-7-8-9-10-11-12-13-14-15-16-17-18-27-22(25)21(4)24(5)23(26)28-19-20(2)3/h20-21H,6-19H2,1-5H3. The van der Waals surface area contributed by atoms with E-state index < -0.39 is 12.1 Å². The van der Waals surface area contributed by atoms with Gasteiger partial charge in [-0.2, -0.15) is 0 Å². The fraction of sp³-hybridized carbons (Fsp3) is 0.913. The summed E-state index contributed by atoms with van der Waals surface area (Å²) in [5.41, 5.74) is 0. The van der Waals surface area contributed by atoms with Crippen LogP contribution in [0.5, 0.6) is 0 Å². The lowest BCUT2D eigenvalue weighted by Gasteiger charge is -2.23. The van der Waals surface area contributed by atoms with Crippen molar-refractivity contribution in [2.24, 2.45) is 5.92 Å². The Morgan fingerprint density at radius 2 is 1.21 bits per heavy atom. The zero-order valence-corrected chi connectivity index (χ0v) is 19.1. The van der Waals surface area contributed by atoms with Gasteiger partial charge in [0.15, 0.2) is 0 Å². The van der Waals surface area contributed by atoms with E-state index in [1.165, 1.54) is 69.1 Å². The topological polar surface area (TPSA) is 55.8 Å². The minimum absolute atomic E-state index is 0.269. The monoisotopic (exact) mass is 399 g/mol. The molecule has 166 valence electrons. The summed E-state index contributed by atoms with van der Waals surface area (Å²) in [5, 5.41) is 0. The van der Waals surface area contributed by atoms with Crippen molar-refractivity contribution >= 4 is 12.1 Å². The Bertz CT molecular complexity index is 398. The van der Waals surface area contributed by atoms with E-state index in [-0.39, 0.29) is 11.9 Å². The second-order valence-corrected chi connectivity index (χ2v) is 8.31. The van der Waals surface area contributed by atoms with Gasteiger partial charge in [-0.05, 0) is 19.3 Å². The van der Waals surface area contributed by atoms with Gasteiger partial charge in [0, 0.05) is 7.05 Å². The van der Waals surface area contributed by atoms with Gasteiger partial charge in [-0.25, -0.2) is 9.59 Å². The predicted molar refractivity (Wildman–Crippen MR) is 115 cm³/mol. The van der Waals surface area contributed by atoms with Crippen LogP contribution in [-0.2, 0) is 14.3 Å². The van der Waals surface area contributed by atoms with Crippen molar-refractivity contribution in [1.82, 2.24) is 4.90 Å². The highest BCUT2D eigenvalue weighted by atomic mass is 16.6. The third kappa shape index (κ3) is 14.8. The normalized spacial score (nSPS) is 12.1. The lowest BCUT2D eigenvalue weighted by atomic mass is 10.1. The molecule has 1 unspecified atom stereocenters. The Kier molecular flexibility index (Phi) is 17.0. The number of ether oxygens (including phenoxy) is 2. The summed E-state index contributed by atoms with van der Waals surface area (Å²) in [6.45, 7) is 8.64. The molecule has 0 aliphatic carbocycles. The van der Waals surface area contributed by atoms with Crippen molar-refractivity contribution in [3.63, 3.8) is 0 Å². The van der Waals surface area contributed by atoms with E-state index in [9.17, 15) is 9.59 Å². The molecule has 0 spiro atoms. The van der Waals surface area contributed by atoms with Crippen molar-refractivity contribution in [3.8, 4) is 0 Å². The molecule has 28 heavy (non-hydrogen) atoms. The first kappa shape index (κ1) is 26.7. The summed E-state index contributed by atoms with van der Waals surface area (Å²) in [7, 11) is 1.57. The molecule has 0 heterocycles. The first-order chi connectivity index (χ1) is 13.4. The van der Waals surface area contributed by atoms with Crippen LogP contribution in [0.3, 0.4) is 0 Å². The number of unbranched alkanes of at least 4 members (excludes halogenated alkanes) is 11. The quantitative estimate of drug-likeness (QED) is 0.211. The largest absolute Gasteiger partial charge is 0.464 e. The molecule has 0 rings (SSSR count). The molecule has 0 aromatic heterocycles. The third-order valence-corrected chi connectivity index (χ3v) is 4.99. The number of carbonyl (C=O) groups is 2. The van der Waals surface area contributed by atoms with E-state index in [0.29, 0.717) is 13.2 Å². The molecule has 0 N–H and O–H groups in total. The van der Waals surface area contributed by atoms with Gasteiger partial charge in [0.05, 0.1) is 13.2 Å². The van der Waals surface area contributed by atoms with Gasteiger partial charge < -0.3 is 9.47 Å². The molecule has 0 aliphatic heterocycles. The molecule has 0 aromatic carbocycles. The fourth-order valence-corrected chi connectivity index (χ4v) is 2.89. The van der Waals surface area contributed by atoms with Crippen LogP contribution >= 0.6 is 0 Å². The minimum Gasteiger partial charge on any atom is -0.464 e. The Balaban J connectivity index is 3.59. The molecule has 0 aromatic rings. The van der Waals surface area contributed by atoms with E-state index in [0.717, 1.165) is 12.8 Å². The maximum atomic E-state index is 12.1. The number of hydrogen-bond donors (Lipinski definition) is 0. The second kappa shape index (κ2) is 17.8. The molecule has 1 atom stereocenters. The predicted octanol–water partition coefficient (Wildman–Crippen LogP) is 6.34. The average Bonchev–Trinajstić information content (AvgIpc) is 2.68. The Morgan fingerprint density at radius 3 is 1.68 bits per heavy atom. The number of hydrogen-bond acceptors (Lipinski definition) is 4. The first-order valence-corrected chi connectivity index (χ1v) is 11.5. The minimum atomic E-state index is -0.628. The first-order valence-electron chi connectivity index (χ1n) is 11.5. The van der Waals surface area contributed by atoms with E-state index in [1.807, 2.05) is 13.8 Å². The number of carbonyl (C=O) groups excluding carboxylic acids is 2. The fourth-order valence-electron chi connectivity index (χ4n) is 2.89. The van der Waals surface area contributed by atoms with Crippen molar-refractivity contribution < 1.29 is 19.1 Å². The summed E-state index contributed by atoms with van der Waals surface area (Å²) < 4.78 is 10.4. The molecular weight excluding hydrogens is 354 g/mol. The van der Waals surface area contributed by atoms with E-state index >= 15 is 0 Å². The van der Waals surface area contributed by atoms with Crippen LogP contribution in [0.25, 0.3) is 0 Å². The lowest BCUT2D eigenvalue weighted by Crippen LogP contribution is -2.42. The number of nitrogens with zero attached hydrogens (tertiary/aromatic N) is 1. The van der Waals surface area contributed by atoms with E-state index in [1.54, 1.807) is 14.0 Å². The molecule has 5 nitrogen and oxygen atoms in total. The van der Waals surface area contributed by atoms with Gasteiger partial charge in [-0.3, -0.25) is 4.90 Å². The SMILES string of the molecule is CCCCCCCCCCCCCCOC(=O)C(C)N(C)C(=O)OCC(C)C. The van der Waals surface area contributed by atoms with Crippen LogP contribution in [0.15, 0.2) is 0 Å². The third-order valence-electron chi connectivity index (χ3n) is 4.99.